The number of hydrogen-bond acceptors (Lipinski definition) is 6. The number of carboxylic acid groups (broad SMARTS) is 1. The molecule has 41 heavy (non-hydrogen) atoms. The van der Waals surface area contributed by atoms with Gasteiger partial charge in [-0.15, -0.1) is 0 Å². The van der Waals surface area contributed by atoms with Crippen molar-refractivity contribution >= 4 is 24.1 Å². The van der Waals surface area contributed by atoms with E-state index in [1.54, 1.807) is 24.3 Å². The number of aromatic carboxylic acids is 1. The molecule has 7 heteroatoms. The molecular formula is C34H46O7. The molecule has 2 aliphatic carbocycles. The first-order valence-corrected chi connectivity index (χ1v) is 14.4. The van der Waals surface area contributed by atoms with Crippen LogP contribution in [0.25, 0.3) is 12.2 Å². The number of phenolic OH excluding ortho intramolecular Hbond substituents is 1. The van der Waals surface area contributed by atoms with Crippen molar-refractivity contribution in [2.45, 2.75) is 90.3 Å². The van der Waals surface area contributed by atoms with Gasteiger partial charge in [0.05, 0.1) is 5.60 Å². The molecule has 2 aliphatic rings. The van der Waals surface area contributed by atoms with Gasteiger partial charge in [-0.2, -0.15) is 0 Å². The number of benzene rings is 2. The molecule has 0 amide bonds. The van der Waals surface area contributed by atoms with E-state index in [4.69, 9.17) is 14.9 Å². The Bertz CT molecular complexity index is 1200. The first-order valence-electron chi connectivity index (χ1n) is 14.4. The second-order valence-corrected chi connectivity index (χ2v) is 11.5. The fraction of sp³-hybridized carbons (Fsp3) is 0.471. The number of carbonyl (C=O) groups is 2. The molecule has 0 aliphatic heterocycles. The number of ether oxygens (including phenoxy) is 1. The van der Waals surface area contributed by atoms with E-state index in [0.29, 0.717) is 11.5 Å². The average molecular weight is 567 g/mol. The molecule has 0 bridgehead atoms. The maximum absolute atomic E-state index is 12.4. The maximum Gasteiger partial charge on any atom is 0.342 e. The molecule has 2 aromatic carbocycles. The van der Waals surface area contributed by atoms with Crippen molar-refractivity contribution in [3.63, 3.8) is 0 Å². The summed E-state index contributed by atoms with van der Waals surface area (Å²) >= 11 is 0. The summed E-state index contributed by atoms with van der Waals surface area (Å²) in [6, 6.07) is 9.13. The van der Waals surface area contributed by atoms with E-state index in [2.05, 4.69) is 40.9 Å². The summed E-state index contributed by atoms with van der Waals surface area (Å²) in [7, 11) is 0. The quantitative estimate of drug-likeness (QED) is 0.252. The Balaban J connectivity index is 0.000000237. The van der Waals surface area contributed by atoms with Gasteiger partial charge >= 0.3 is 11.9 Å². The van der Waals surface area contributed by atoms with E-state index < -0.39 is 11.9 Å². The lowest BCUT2D eigenvalue weighted by Gasteiger charge is -2.33. The molecule has 4 rings (SSSR count). The molecule has 0 aromatic heterocycles. The summed E-state index contributed by atoms with van der Waals surface area (Å²) in [5.41, 5.74) is 0.889. The van der Waals surface area contributed by atoms with Crippen molar-refractivity contribution in [3.8, 4) is 11.5 Å². The van der Waals surface area contributed by atoms with Crippen LogP contribution in [0.4, 0.5) is 0 Å². The van der Waals surface area contributed by atoms with E-state index >= 15 is 0 Å². The lowest BCUT2D eigenvalue weighted by Crippen LogP contribution is -2.37. The number of aromatic hydroxyl groups is 2. The second kappa shape index (κ2) is 14.9. The summed E-state index contributed by atoms with van der Waals surface area (Å²) in [6.07, 6.45) is 11.6. The predicted molar refractivity (Wildman–Crippen MR) is 163 cm³/mol. The molecule has 7 nitrogen and oxygen atoms in total. The molecule has 0 saturated heterocycles. The topological polar surface area (TPSA) is 124 Å². The number of aliphatic hydroxyl groups is 1. The van der Waals surface area contributed by atoms with E-state index in [1.807, 2.05) is 0 Å². The van der Waals surface area contributed by atoms with Crippen LogP contribution >= 0.6 is 0 Å². The van der Waals surface area contributed by atoms with Gasteiger partial charge in [-0.05, 0) is 85.8 Å². The Labute approximate surface area is 244 Å². The number of esters is 1. The van der Waals surface area contributed by atoms with Crippen molar-refractivity contribution in [1.29, 1.82) is 0 Å². The first-order chi connectivity index (χ1) is 19.3. The van der Waals surface area contributed by atoms with Crippen molar-refractivity contribution < 1.29 is 34.8 Å². The highest BCUT2D eigenvalue weighted by Crippen LogP contribution is 2.40. The fourth-order valence-corrected chi connectivity index (χ4v) is 5.27. The van der Waals surface area contributed by atoms with Crippen LogP contribution in [-0.2, 0) is 4.74 Å². The molecule has 2 saturated carbocycles. The van der Waals surface area contributed by atoms with Gasteiger partial charge in [0.2, 0.25) is 0 Å². The van der Waals surface area contributed by atoms with Crippen LogP contribution in [0, 0.1) is 11.8 Å². The van der Waals surface area contributed by atoms with Gasteiger partial charge in [0.25, 0.3) is 0 Å². The molecule has 0 radical (unpaired) electrons. The zero-order valence-electron chi connectivity index (χ0n) is 24.9. The van der Waals surface area contributed by atoms with Crippen LogP contribution in [0.3, 0.4) is 0 Å². The van der Waals surface area contributed by atoms with E-state index in [1.165, 1.54) is 37.1 Å². The highest BCUT2D eigenvalue weighted by atomic mass is 16.6. The Morgan fingerprint density at radius 2 is 1.22 bits per heavy atom. The second-order valence-electron chi connectivity index (χ2n) is 11.5. The van der Waals surface area contributed by atoms with Gasteiger partial charge in [-0.3, -0.25) is 0 Å². The largest absolute Gasteiger partial charge is 0.507 e. The van der Waals surface area contributed by atoms with Crippen LogP contribution in [0.2, 0.25) is 0 Å². The number of carboxylic acids is 1. The van der Waals surface area contributed by atoms with Crippen molar-refractivity contribution in [2.24, 2.45) is 11.8 Å². The van der Waals surface area contributed by atoms with Gasteiger partial charge in [-0.25, -0.2) is 9.59 Å². The Morgan fingerprint density at radius 1 is 0.780 bits per heavy atom. The normalized spacial score (nSPS) is 16.7. The first kappa shape index (κ1) is 33.6. The predicted octanol–water partition coefficient (Wildman–Crippen LogP) is 7.84. The van der Waals surface area contributed by atoms with Crippen LogP contribution in [0.15, 0.2) is 49.6 Å². The summed E-state index contributed by atoms with van der Waals surface area (Å²) in [4.78, 5) is 22.9. The van der Waals surface area contributed by atoms with Crippen molar-refractivity contribution in [1.82, 2.24) is 0 Å². The number of carbonyl (C=O) groups excluding carboxylic acids is 1. The van der Waals surface area contributed by atoms with Crippen LogP contribution < -0.4 is 0 Å². The lowest BCUT2D eigenvalue weighted by molar-refractivity contribution is -0.0399. The number of rotatable bonds is 7. The summed E-state index contributed by atoms with van der Waals surface area (Å²) < 4.78 is 5.79. The van der Waals surface area contributed by atoms with Gasteiger partial charge < -0.3 is 25.2 Å². The molecule has 2 fully saturated rings. The SMILES string of the molecule is C=Cc1ccc(O)c(C(=O)O)c1.C=Cc1ccc(O)c(C(=O)OC2(C(C)C)CCCC2)c1.CC(C)C1(O)CCCC1. The lowest BCUT2D eigenvalue weighted by atomic mass is 9.88. The van der Waals surface area contributed by atoms with Crippen molar-refractivity contribution in [3.05, 3.63) is 71.8 Å². The standard InChI is InChI=1S/C17H22O3.C9H8O3.C8H16O/c1-4-13-7-8-15(18)14(11-13)16(19)20-17(12(2)3)9-5-6-10-17;1-2-6-3-4-8(10)7(5-6)9(11)12;1-7(2)8(9)5-3-4-6-8/h4,7-8,11-12,18H,1,5-6,9-10H2,2-3H3;2-5,10H,1H2,(H,11,12);7,9H,3-6H2,1-2H3. The van der Waals surface area contributed by atoms with Gasteiger partial charge in [0.15, 0.2) is 0 Å². The summed E-state index contributed by atoms with van der Waals surface area (Å²) in [6.45, 7) is 15.5. The van der Waals surface area contributed by atoms with Gasteiger partial charge in [0.1, 0.15) is 28.2 Å². The summed E-state index contributed by atoms with van der Waals surface area (Å²) in [5, 5.41) is 37.3. The zero-order chi connectivity index (χ0) is 30.8. The molecule has 224 valence electrons. The average Bonchev–Trinajstić information content (AvgIpc) is 3.60. The minimum atomic E-state index is -1.14. The maximum atomic E-state index is 12.4. The fourth-order valence-electron chi connectivity index (χ4n) is 5.27. The minimum Gasteiger partial charge on any atom is -0.507 e. The van der Waals surface area contributed by atoms with Crippen LogP contribution in [-0.4, -0.2) is 43.6 Å². The summed E-state index contributed by atoms with van der Waals surface area (Å²) in [5.74, 6) is -1.14. The highest BCUT2D eigenvalue weighted by molar-refractivity contribution is 5.93. The number of phenols is 2. The van der Waals surface area contributed by atoms with E-state index in [0.717, 1.165) is 44.1 Å². The van der Waals surface area contributed by atoms with Crippen LogP contribution in [0.5, 0.6) is 11.5 Å². The zero-order valence-corrected chi connectivity index (χ0v) is 24.9. The molecular weight excluding hydrogens is 520 g/mol. The molecule has 0 spiro atoms. The molecule has 4 N–H and O–H groups in total. The van der Waals surface area contributed by atoms with Gasteiger partial charge in [0, 0.05) is 0 Å². The third kappa shape index (κ3) is 8.95. The Kier molecular flexibility index (Phi) is 12.2. The minimum absolute atomic E-state index is 0.0440. The van der Waals surface area contributed by atoms with Crippen molar-refractivity contribution in [2.75, 3.05) is 0 Å². The van der Waals surface area contributed by atoms with Gasteiger partial charge in [-0.1, -0.05) is 78.0 Å². The molecule has 0 heterocycles. The van der Waals surface area contributed by atoms with E-state index in [9.17, 15) is 19.8 Å². The Hall–Kier alpha value is -3.58. The Morgan fingerprint density at radius 3 is 1.61 bits per heavy atom. The molecule has 2 aromatic rings. The third-order valence-electron chi connectivity index (χ3n) is 8.31. The van der Waals surface area contributed by atoms with E-state index in [-0.39, 0.29) is 39.7 Å². The highest BCUT2D eigenvalue weighted by Gasteiger charge is 2.41. The number of hydrogen-bond donors (Lipinski definition) is 4. The monoisotopic (exact) mass is 566 g/mol. The van der Waals surface area contributed by atoms with Crippen LogP contribution in [0.1, 0.15) is 111 Å². The third-order valence-corrected chi connectivity index (χ3v) is 8.31. The molecule has 0 atom stereocenters. The smallest absolute Gasteiger partial charge is 0.342 e. The molecule has 0 unspecified atom stereocenters.